The predicted octanol–water partition coefficient (Wildman–Crippen LogP) is 2.95. The monoisotopic (exact) mass is 400 g/mol. The van der Waals surface area contributed by atoms with E-state index < -0.39 is 0 Å². The van der Waals surface area contributed by atoms with Gasteiger partial charge in [-0.3, -0.25) is 9.59 Å². The lowest BCUT2D eigenvalue weighted by atomic mass is 10.1. The fourth-order valence-electron chi connectivity index (χ4n) is 2.50. The summed E-state index contributed by atoms with van der Waals surface area (Å²) >= 11 is 0. The smallest absolute Gasteiger partial charge is 0.250 e. The molecule has 2 aromatic carbocycles. The number of carbonyl (C=O) groups excluding carboxylic acids is 2. The van der Waals surface area contributed by atoms with E-state index in [-0.39, 0.29) is 18.4 Å². The zero-order valence-corrected chi connectivity index (χ0v) is 16.8. The molecule has 8 heteroatoms. The van der Waals surface area contributed by atoms with Crippen LogP contribution in [0.1, 0.15) is 5.56 Å². The van der Waals surface area contributed by atoms with Gasteiger partial charge in [-0.05, 0) is 36.4 Å². The highest BCUT2D eigenvalue weighted by atomic mass is 16.5. The minimum Gasteiger partial charge on any atom is -0.496 e. The zero-order chi connectivity index (χ0) is 21.2. The minimum absolute atomic E-state index is 0.0249. The minimum atomic E-state index is -0.321. The number of ether oxygens (including phenoxy) is 4. The number of hydrogen-bond acceptors (Lipinski definition) is 6. The lowest BCUT2D eigenvalue weighted by Crippen LogP contribution is -2.17. The second-order valence-electron chi connectivity index (χ2n) is 5.83. The molecule has 0 aromatic heterocycles. The molecule has 0 aliphatic heterocycles. The number of carbonyl (C=O) groups is 2. The van der Waals surface area contributed by atoms with Gasteiger partial charge in [-0.1, -0.05) is 0 Å². The molecule has 0 atom stereocenters. The van der Waals surface area contributed by atoms with Gasteiger partial charge < -0.3 is 29.6 Å². The first kappa shape index (κ1) is 21.8. The maximum atomic E-state index is 12.2. The number of hydrogen-bond donors (Lipinski definition) is 2. The van der Waals surface area contributed by atoms with Gasteiger partial charge >= 0.3 is 0 Å². The Bertz CT molecular complexity index is 877. The topological polar surface area (TPSA) is 95.1 Å². The van der Waals surface area contributed by atoms with E-state index >= 15 is 0 Å². The molecule has 2 rings (SSSR count). The van der Waals surface area contributed by atoms with Gasteiger partial charge in [0.15, 0.2) is 11.5 Å². The molecular weight excluding hydrogens is 376 g/mol. The van der Waals surface area contributed by atoms with Crippen molar-refractivity contribution in [2.24, 2.45) is 0 Å². The Labute approximate surface area is 169 Å². The largest absolute Gasteiger partial charge is 0.496 e. The third-order valence-corrected chi connectivity index (χ3v) is 3.86. The molecule has 2 N–H and O–H groups in total. The summed E-state index contributed by atoms with van der Waals surface area (Å²) in [5.41, 5.74) is 1.86. The van der Waals surface area contributed by atoms with Gasteiger partial charge in [0, 0.05) is 36.2 Å². The Morgan fingerprint density at radius 2 is 1.38 bits per heavy atom. The van der Waals surface area contributed by atoms with E-state index in [0.717, 1.165) is 0 Å². The average molecular weight is 400 g/mol. The Morgan fingerprint density at radius 3 is 1.93 bits per heavy atom. The number of methoxy groups -OCH3 is 4. The van der Waals surface area contributed by atoms with E-state index in [0.29, 0.717) is 34.2 Å². The van der Waals surface area contributed by atoms with Gasteiger partial charge in [0.25, 0.3) is 0 Å². The summed E-state index contributed by atoms with van der Waals surface area (Å²) < 4.78 is 20.6. The first-order chi connectivity index (χ1) is 14.0. The summed E-state index contributed by atoms with van der Waals surface area (Å²) in [5.74, 6) is 1.03. The van der Waals surface area contributed by atoms with Crippen LogP contribution in [0.15, 0.2) is 42.5 Å². The van der Waals surface area contributed by atoms with E-state index in [4.69, 9.17) is 18.9 Å². The SMILES string of the molecule is COCC(=O)Nc1ccc(NC(=O)/C=C/c2cc(OC)c(OC)cc2OC)cc1. The van der Waals surface area contributed by atoms with Crippen LogP contribution in [0.5, 0.6) is 17.2 Å². The summed E-state index contributed by atoms with van der Waals surface area (Å²) in [6, 6.07) is 10.1. The first-order valence-electron chi connectivity index (χ1n) is 8.68. The number of rotatable bonds is 9. The van der Waals surface area contributed by atoms with Crippen LogP contribution < -0.4 is 24.8 Å². The van der Waals surface area contributed by atoms with Crippen LogP contribution >= 0.6 is 0 Å². The molecule has 0 aliphatic rings. The van der Waals surface area contributed by atoms with Gasteiger partial charge in [-0.15, -0.1) is 0 Å². The Hall–Kier alpha value is -3.52. The van der Waals surface area contributed by atoms with Crippen LogP contribution in [0.2, 0.25) is 0 Å². The van der Waals surface area contributed by atoms with Gasteiger partial charge in [0.2, 0.25) is 11.8 Å². The Kier molecular flexibility index (Phi) is 8.05. The van der Waals surface area contributed by atoms with Crippen molar-refractivity contribution < 1.29 is 28.5 Å². The molecule has 0 saturated carbocycles. The summed E-state index contributed by atoms with van der Waals surface area (Å²) in [7, 11) is 6.05. The van der Waals surface area contributed by atoms with Crippen LogP contribution in [0.3, 0.4) is 0 Å². The molecule has 8 nitrogen and oxygen atoms in total. The van der Waals surface area contributed by atoms with Crippen molar-refractivity contribution in [3.8, 4) is 17.2 Å². The average Bonchev–Trinajstić information content (AvgIpc) is 2.73. The molecule has 154 valence electrons. The molecule has 2 amide bonds. The summed E-state index contributed by atoms with van der Waals surface area (Å²) in [6.45, 7) is -0.0249. The second kappa shape index (κ2) is 10.7. The molecule has 29 heavy (non-hydrogen) atoms. The number of amides is 2. The molecular formula is C21H24N2O6. The highest BCUT2D eigenvalue weighted by molar-refractivity contribution is 6.02. The van der Waals surface area contributed by atoms with Crippen molar-refractivity contribution in [3.63, 3.8) is 0 Å². The van der Waals surface area contributed by atoms with Gasteiger partial charge in [-0.2, -0.15) is 0 Å². The second-order valence-corrected chi connectivity index (χ2v) is 5.83. The number of benzene rings is 2. The summed E-state index contributed by atoms with van der Waals surface area (Å²) in [5, 5.41) is 5.42. The summed E-state index contributed by atoms with van der Waals surface area (Å²) in [4.78, 5) is 23.7. The molecule has 0 spiro atoms. The molecule has 0 radical (unpaired) electrons. The zero-order valence-electron chi connectivity index (χ0n) is 16.8. The van der Waals surface area contributed by atoms with Crippen molar-refractivity contribution in [1.82, 2.24) is 0 Å². The van der Waals surface area contributed by atoms with Crippen molar-refractivity contribution in [2.45, 2.75) is 0 Å². The third kappa shape index (κ3) is 6.25. The van der Waals surface area contributed by atoms with E-state index in [1.165, 1.54) is 34.5 Å². The first-order valence-corrected chi connectivity index (χ1v) is 8.68. The van der Waals surface area contributed by atoms with Crippen LogP contribution in [0, 0.1) is 0 Å². The standard InChI is InChI=1S/C21H24N2O6/c1-26-13-21(25)23-16-8-6-15(7-9-16)22-20(24)10-5-14-11-18(28-3)19(29-4)12-17(14)27-2/h5-12H,13H2,1-4H3,(H,22,24)(H,23,25)/b10-5+. The van der Waals surface area contributed by atoms with Gasteiger partial charge in [0.1, 0.15) is 12.4 Å². The van der Waals surface area contributed by atoms with Crippen molar-refractivity contribution >= 4 is 29.3 Å². The van der Waals surface area contributed by atoms with E-state index in [1.807, 2.05) is 0 Å². The van der Waals surface area contributed by atoms with E-state index in [2.05, 4.69) is 10.6 Å². The maximum absolute atomic E-state index is 12.2. The number of anilines is 2. The fourth-order valence-corrected chi connectivity index (χ4v) is 2.50. The third-order valence-electron chi connectivity index (χ3n) is 3.86. The number of nitrogens with one attached hydrogen (secondary N) is 2. The quantitative estimate of drug-likeness (QED) is 0.629. The lowest BCUT2D eigenvalue weighted by Gasteiger charge is -2.12. The fraction of sp³-hybridized carbons (Fsp3) is 0.238. The Balaban J connectivity index is 2.05. The molecule has 0 bridgehead atoms. The van der Waals surface area contributed by atoms with Crippen LogP contribution in [0.25, 0.3) is 6.08 Å². The molecule has 0 unspecified atom stereocenters. The summed E-state index contributed by atoms with van der Waals surface area (Å²) in [6.07, 6.45) is 3.01. The van der Waals surface area contributed by atoms with Crippen LogP contribution in [-0.4, -0.2) is 46.9 Å². The predicted molar refractivity (Wildman–Crippen MR) is 111 cm³/mol. The highest BCUT2D eigenvalue weighted by Gasteiger charge is 2.10. The van der Waals surface area contributed by atoms with Crippen molar-refractivity contribution in [1.29, 1.82) is 0 Å². The molecule has 0 fully saturated rings. The maximum Gasteiger partial charge on any atom is 0.250 e. The van der Waals surface area contributed by atoms with E-state index in [1.54, 1.807) is 42.5 Å². The van der Waals surface area contributed by atoms with Crippen LogP contribution in [-0.2, 0) is 14.3 Å². The lowest BCUT2D eigenvalue weighted by molar-refractivity contribution is -0.119. The molecule has 0 saturated heterocycles. The highest BCUT2D eigenvalue weighted by Crippen LogP contribution is 2.35. The Morgan fingerprint density at radius 1 is 0.828 bits per heavy atom. The van der Waals surface area contributed by atoms with Gasteiger partial charge in [0.05, 0.1) is 21.3 Å². The van der Waals surface area contributed by atoms with Gasteiger partial charge in [-0.25, -0.2) is 0 Å². The molecule has 0 aliphatic carbocycles. The van der Waals surface area contributed by atoms with Crippen molar-refractivity contribution in [2.75, 3.05) is 45.7 Å². The molecule has 2 aromatic rings. The van der Waals surface area contributed by atoms with Crippen LogP contribution in [0.4, 0.5) is 11.4 Å². The molecule has 0 heterocycles. The van der Waals surface area contributed by atoms with E-state index in [9.17, 15) is 9.59 Å². The van der Waals surface area contributed by atoms with Crippen molar-refractivity contribution in [3.05, 3.63) is 48.0 Å². The normalized spacial score (nSPS) is 10.5.